The van der Waals surface area contributed by atoms with E-state index in [1.54, 1.807) is 0 Å². The molecule has 1 amide bonds. The molecule has 0 aliphatic rings. The quantitative estimate of drug-likeness (QED) is 0.0272. The Labute approximate surface area is 489 Å². The van der Waals surface area contributed by atoms with Gasteiger partial charge in [-0.25, -0.2) is 0 Å². The van der Waals surface area contributed by atoms with Gasteiger partial charge in [0.25, 0.3) is 7.82 Å². The van der Waals surface area contributed by atoms with E-state index in [2.05, 4.69) is 116 Å². The van der Waals surface area contributed by atoms with Crippen molar-refractivity contribution in [2.24, 2.45) is 0 Å². The van der Waals surface area contributed by atoms with Gasteiger partial charge < -0.3 is 28.8 Å². The molecule has 3 unspecified atom stereocenters. The minimum Gasteiger partial charge on any atom is -0.756 e. The number of likely N-dealkylation sites (N-methyl/N-ethyl adjacent to an activating group) is 1. The van der Waals surface area contributed by atoms with Crippen LogP contribution in [0, 0.1) is 0 Å². The van der Waals surface area contributed by atoms with E-state index < -0.39 is 20.0 Å². The number of phosphoric ester groups is 1. The summed E-state index contributed by atoms with van der Waals surface area (Å²) in [5.41, 5.74) is 0. The minimum atomic E-state index is -4.58. The number of nitrogens with one attached hydrogen (secondary N) is 1. The van der Waals surface area contributed by atoms with Gasteiger partial charge >= 0.3 is 0 Å². The van der Waals surface area contributed by atoms with E-state index in [0.29, 0.717) is 23.9 Å². The number of amides is 1. The summed E-state index contributed by atoms with van der Waals surface area (Å²) in [4.78, 5) is 25.6. The summed E-state index contributed by atoms with van der Waals surface area (Å²) >= 11 is 0. The molecule has 0 bridgehead atoms. The van der Waals surface area contributed by atoms with Crippen LogP contribution >= 0.6 is 7.82 Å². The minimum absolute atomic E-state index is 0.0106. The molecule has 0 aliphatic heterocycles. The van der Waals surface area contributed by atoms with Crippen molar-refractivity contribution in [2.75, 3.05) is 40.9 Å². The molecule has 0 saturated carbocycles. The number of quaternary nitrogens is 1. The summed E-state index contributed by atoms with van der Waals surface area (Å²) in [7, 11) is 1.31. The second kappa shape index (κ2) is 60.0. The van der Waals surface area contributed by atoms with Crippen LogP contribution in [-0.4, -0.2) is 68.5 Å². The first-order valence-electron chi connectivity index (χ1n) is 33.1. The highest BCUT2D eigenvalue weighted by Crippen LogP contribution is 2.38. The zero-order valence-corrected chi connectivity index (χ0v) is 53.2. The highest BCUT2D eigenvalue weighted by atomic mass is 31.2. The lowest BCUT2D eigenvalue weighted by atomic mass is 10.0. The molecule has 0 aliphatic carbocycles. The third kappa shape index (κ3) is 62.9. The molecule has 2 N–H and O–H groups in total. The molecule has 0 aromatic heterocycles. The lowest BCUT2D eigenvalue weighted by molar-refractivity contribution is -0.870. The van der Waals surface area contributed by atoms with Crippen LogP contribution in [0.2, 0.25) is 0 Å². The number of unbranched alkanes of at least 4 members (excludes halogenated alkanes) is 31. The molecule has 0 fully saturated rings. The lowest BCUT2D eigenvalue weighted by Crippen LogP contribution is -2.46. The summed E-state index contributed by atoms with van der Waals surface area (Å²) in [5.74, 6) is -0.164. The van der Waals surface area contributed by atoms with E-state index in [9.17, 15) is 19.4 Å². The molecule has 0 aromatic rings. The molecule has 3 atom stereocenters. The molecule has 0 heterocycles. The number of aliphatic hydroxyl groups is 1. The Morgan fingerprint density at radius 1 is 0.456 bits per heavy atom. The Morgan fingerprint density at radius 3 is 1.13 bits per heavy atom. The van der Waals surface area contributed by atoms with Crippen molar-refractivity contribution in [3.63, 3.8) is 0 Å². The van der Waals surface area contributed by atoms with Crippen molar-refractivity contribution in [1.29, 1.82) is 0 Å². The fraction of sp³-hybridized carbons (Fsp3) is 0.757. The zero-order valence-electron chi connectivity index (χ0n) is 52.3. The summed E-state index contributed by atoms with van der Waals surface area (Å²) in [6.45, 7) is 4.63. The van der Waals surface area contributed by atoms with Crippen molar-refractivity contribution < 1.29 is 32.9 Å². The largest absolute Gasteiger partial charge is 0.756 e. The standard InChI is InChI=1S/C70H127N2O6P/c1-6-8-10-12-14-16-18-20-22-24-25-26-27-28-29-30-31-32-33-34-35-36-37-38-39-40-41-42-43-44-45-46-47-48-50-52-54-56-58-60-62-64-70(74)71-68(67-78-79(75,76)77-66-65-72(3,4)5)69(73)63-61-59-57-55-53-51-49-23-21-19-17-15-13-11-9-7-2/h8,10,14,16,20,22,25-26,28-29,31-32,34-35,37-38,68-69,73H,6-7,9,11-13,15,17-19,21,23-24,27,30,33,36,39-67H2,1-5H3,(H-,71,74,75,76)/b10-8-,16-14-,22-20-,26-25-,29-28-,32-31-,35-34-,38-37-. The van der Waals surface area contributed by atoms with E-state index in [1.165, 1.54) is 173 Å². The Bertz CT molecular complexity index is 1610. The van der Waals surface area contributed by atoms with Crippen LogP contribution in [-0.2, 0) is 18.4 Å². The molecule has 9 heteroatoms. The van der Waals surface area contributed by atoms with Crippen LogP contribution in [0.1, 0.15) is 290 Å². The third-order valence-electron chi connectivity index (χ3n) is 14.6. The number of phosphoric acid groups is 1. The van der Waals surface area contributed by atoms with Gasteiger partial charge in [-0.3, -0.25) is 9.36 Å². The highest BCUT2D eigenvalue weighted by molar-refractivity contribution is 7.45. The number of rotatable bonds is 60. The average molecular weight is 1120 g/mol. The van der Waals surface area contributed by atoms with Crippen LogP contribution in [0.15, 0.2) is 97.2 Å². The van der Waals surface area contributed by atoms with Crippen molar-refractivity contribution in [3.8, 4) is 0 Å². The van der Waals surface area contributed by atoms with E-state index in [1.807, 2.05) is 21.1 Å². The number of carbonyl (C=O) groups excluding carboxylic acids is 1. The molecule has 0 saturated heterocycles. The number of hydrogen-bond acceptors (Lipinski definition) is 6. The van der Waals surface area contributed by atoms with Gasteiger partial charge in [0.15, 0.2) is 0 Å². The SMILES string of the molecule is CC/C=C\C/C=C\C/C=C\C/C=C\C/C=C\C/C=C\C/C=C\C/C=C\CCCCCCCCCCCCCCCCCCC(=O)NC(COP(=O)([O-])OCC[N+](C)(C)C)C(O)CCCCCCCCCCCCCCCCCC. The van der Waals surface area contributed by atoms with Crippen LogP contribution in [0.5, 0.6) is 0 Å². The second-order valence-electron chi connectivity index (χ2n) is 23.4. The first kappa shape index (κ1) is 76.4. The van der Waals surface area contributed by atoms with Gasteiger partial charge in [0.05, 0.1) is 39.9 Å². The topological polar surface area (TPSA) is 108 Å². The van der Waals surface area contributed by atoms with Gasteiger partial charge in [-0.05, 0) is 77.0 Å². The molecule has 0 radical (unpaired) electrons. The molecule has 458 valence electrons. The first-order valence-corrected chi connectivity index (χ1v) is 34.5. The lowest BCUT2D eigenvalue weighted by Gasteiger charge is -2.30. The van der Waals surface area contributed by atoms with Gasteiger partial charge in [0.2, 0.25) is 5.91 Å². The van der Waals surface area contributed by atoms with E-state index in [-0.39, 0.29) is 19.1 Å². The van der Waals surface area contributed by atoms with Crippen molar-refractivity contribution in [1.82, 2.24) is 5.32 Å². The number of aliphatic hydroxyl groups excluding tert-OH is 1. The number of hydrogen-bond donors (Lipinski definition) is 2. The van der Waals surface area contributed by atoms with Gasteiger partial charge in [-0.1, -0.05) is 304 Å². The normalized spacial score (nSPS) is 14.4. The molecule has 79 heavy (non-hydrogen) atoms. The monoisotopic (exact) mass is 1120 g/mol. The summed E-state index contributed by atoms with van der Waals surface area (Å²) in [6.07, 6.45) is 86.1. The molecule has 8 nitrogen and oxygen atoms in total. The van der Waals surface area contributed by atoms with Crippen LogP contribution in [0.25, 0.3) is 0 Å². The van der Waals surface area contributed by atoms with E-state index >= 15 is 0 Å². The maximum Gasteiger partial charge on any atom is 0.268 e. The Morgan fingerprint density at radius 2 is 0.772 bits per heavy atom. The maximum atomic E-state index is 13.0. The second-order valence-corrected chi connectivity index (χ2v) is 24.9. The smallest absolute Gasteiger partial charge is 0.268 e. The third-order valence-corrected chi connectivity index (χ3v) is 15.6. The van der Waals surface area contributed by atoms with E-state index in [0.717, 1.165) is 89.9 Å². The predicted molar refractivity (Wildman–Crippen MR) is 343 cm³/mol. The maximum absolute atomic E-state index is 13.0. The van der Waals surface area contributed by atoms with Crippen molar-refractivity contribution in [2.45, 2.75) is 302 Å². The van der Waals surface area contributed by atoms with Gasteiger partial charge in [-0.15, -0.1) is 0 Å². The highest BCUT2D eigenvalue weighted by Gasteiger charge is 2.24. The molecule has 0 spiro atoms. The van der Waals surface area contributed by atoms with Gasteiger partial charge in [0, 0.05) is 6.42 Å². The fourth-order valence-electron chi connectivity index (χ4n) is 9.47. The van der Waals surface area contributed by atoms with E-state index in [4.69, 9.17) is 9.05 Å². The first-order chi connectivity index (χ1) is 38.5. The number of allylic oxidation sites excluding steroid dienone is 16. The predicted octanol–water partition coefficient (Wildman–Crippen LogP) is 20.3. The van der Waals surface area contributed by atoms with Crippen LogP contribution < -0.4 is 10.2 Å². The Balaban J connectivity index is 3.97. The zero-order chi connectivity index (χ0) is 57.7. The average Bonchev–Trinajstić information content (AvgIpc) is 3.42. The number of nitrogens with zero attached hydrogens (tertiary/aromatic N) is 1. The molecule has 0 rings (SSSR count). The summed E-state index contributed by atoms with van der Waals surface area (Å²) in [6, 6.07) is -0.804. The Hall–Kier alpha value is -2.58. The molecular formula is C70H127N2O6P. The summed E-state index contributed by atoms with van der Waals surface area (Å²) in [5, 5.41) is 14.0. The van der Waals surface area contributed by atoms with Crippen molar-refractivity contribution in [3.05, 3.63) is 97.2 Å². The number of carbonyl (C=O) groups is 1. The van der Waals surface area contributed by atoms with Crippen LogP contribution in [0.4, 0.5) is 0 Å². The molecule has 0 aromatic carbocycles. The van der Waals surface area contributed by atoms with Crippen LogP contribution in [0.3, 0.4) is 0 Å². The van der Waals surface area contributed by atoms with Gasteiger partial charge in [0.1, 0.15) is 13.2 Å². The molecular weight excluding hydrogens is 996 g/mol. The summed E-state index contributed by atoms with van der Waals surface area (Å²) < 4.78 is 23.5. The van der Waals surface area contributed by atoms with Gasteiger partial charge in [-0.2, -0.15) is 0 Å². The van der Waals surface area contributed by atoms with Crippen molar-refractivity contribution >= 4 is 13.7 Å². The Kier molecular flexibility index (Phi) is 58.1. The fourth-order valence-corrected chi connectivity index (χ4v) is 10.2.